The fourth-order valence-corrected chi connectivity index (χ4v) is 5.11. The van der Waals surface area contributed by atoms with Gasteiger partial charge in [0.15, 0.2) is 0 Å². The van der Waals surface area contributed by atoms with Crippen molar-refractivity contribution < 1.29 is 14.3 Å². The molecule has 0 radical (unpaired) electrons. The van der Waals surface area contributed by atoms with Crippen LogP contribution >= 0.6 is 11.6 Å². The van der Waals surface area contributed by atoms with E-state index in [0.29, 0.717) is 22.3 Å². The highest BCUT2D eigenvalue weighted by atomic mass is 35.5. The molecule has 0 spiro atoms. The zero-order valence-electron chi connectivity index (χ0n) is 19.9. The fourth-order valence-electron chi connectivity index (χ4n) is 4.90. The van der Waals surface area contributed by atoms with Gasteiger partial charge in [0.2, 0.25) is 0 Å². The van der Waals surface area contributed by atoms with Gasteiger partial charge in [0.25, 0.3) is 11.8 Å². The number of amides is 2. The minimum Gasteiger partial charge on any atom is -0.375 e. The van der Waals surface area contributed by atoms with Crippen LogP contribution in [0.15, 0.2) is 28.8 Å². The van der Waals surface area contributed by atoms with Crippen molar-refractivity contribution in [1.29, 1.82) is 0 Å². The molecule has 1 fully saturated rings. The van der Waals surface area contributed by atoms with E-state index in [9.17, 15) is 9.59 Å². The number of hydrogen-bond acceptors (Lipinski definition) is 4. The molecule has 7 heteroatoms. The maximum Gasteiger partial charge on any atom is 0.254 e. The number of ether oxygens (including phenoxy) is 1. The first-order valence-corrected chi connectivity index (χ1v) is 11.8. The lowest BCUT2D eigenvalue weighted by molar-refractivity contribution is -0.120. The zero-order valence-corrected chi connectivity index (χ0v) is 20.6. The summed E-state index contributed by atoms with van der Waals surface area (Å²) in [6, 6.07) is 3.96. The van der Waals surface area contributed by atoms with Gasteiger partial charge in [0, 0.05) is 41.1 Å². The van der Waals surface area contributed by atoms with Crippen LogP contribution in [0.25, 0.3) is 0 Å². The van der Waals surface area contributed by atoms with Crippen LogP contribution in [0.3, 0.4) is 0 Å². The quantitative estimate of drug-likeness (QED) is 0.667. The summed E-state index contributed by atoms with van der Waals surface area (Å²) in [5.74, 6) is -0.881. The highest BCUT2D eigenvalue weighted by Gasteiger charge is 2.30. The molecule has 3 rings (SSSR count). The van der Waals surface area contributed by atoms with Crippen LogP contribution in [0.1, 0.15) is 63.4 Å². The van der Waals surface area contributed by atoms with Crippen LogP contribution in [-0.4, -0.2) is 48.9 Å². The predicted octanol–water partition coefficient (Wildman–Crippen LogP) is 4.72. The molecular formula is C25H34ClN3O3. The fraction of sp³-hybridized carbons (Fsp3) is 0.560. The Labute approximate surface area is 196 Å². The molecule has 1 aromatic carbocycles. The highest BCUT2D eigenvalue weighted by Crippen LogP contribution is 2.33. The third-order valence-corrected chi connectivity index (χ3v) is 6.61. The van der Waals surface area contributed by atoms with Gasteiger partial charge in [-0.15, -0.1) is 0 Å². The molecule has 4 atom stereocenters. The number of allylic oxidation sites excluding steroid dienone is 1. The van der Waals surface area contributed by atoms with E-state index in [1.165, 1.54) is 0 Å². The van der Waals surface area contributed by atoms with E-state index >= 15 is 0 Å². The van der Waals surface area contributed by atoms with E-state index in [1.54, 1.807) is 13.0 Å². The SMILES string of the molecule is CCN(c1cc(Cl)cc(C(=O)NCC2C(=O)N=C(C)C=C2C)c1C)C1C[C@@H](C)O[C@@H](C)C1. The summed E-state index contributed by atoms with van der Waals surface area (Å²) in [4.78, 5) is 31.7. The topological polar surface area (TPSA) is 71.0 Å². The van der Waals surface area contributed by atoms with Gasteiger partial charge in [-0.1, -0.05) is 17.2 Å². The van der Waals surface area contributed by atoms with Crippen molar-refractivity contribution in [3.63, 3.8) is 0 Å². The number of nitrogens with one attached hydrogen (secondary N) is 1. The summed E-state index contributed by atoms with van der Waals surface area (Å²) in [5.41, 5.74) is 4.00. The maximum absolute atomic E-state index is 13.1. The molecule has 1 aromatic rings. The van der Waals surface area contributed by atoms with E-state index < -0.39 is 5.92 Å². The predicted molar refractivity (Wildman–Crippen MR) is 130 cm³/mol. The summed E-state index contributed by atoms with van der Waals surface area (Å²) >= 11 is 6.46. The number of benzene rings is 1. The molecule has 2 aliphatic rings. The van der Waals surface area contributed by atoms with Gasteiger partial charge in [-0.05, 0) is 78.2 Å². The Bertz CT molecular complexity index is 946. The molecule has 1 N–H and O–H groups in total. The maximum atomic E-state index is 13.1. The number of anilines is 1. The Morgan fingerprint density at radius 3 is 2.47 bits per heavy atom. The van der Waals surface area contributed by atoms with Crippen LogP contribution in [0.5, 0.6) is 0 Å². The lowest BCUT2D eigenvalue weighted by atomic mass is 9.95. The van der Waals surface area contributed by atoms with E-state index in [2.05, 4.69) is 36.0 Å². The molecule has 2 amide bonds. The molecule has 0 aliphatic carbocycles. The van der Waals surface area contributed by atoms with E-state index in [1.807, 2.05) is 26.0 Å². The summed E-state index contributed by atoms with van der Waals surface area (Å²) in [5, 5.41) is 3.44. The van der Waals surface area contributed by atoms with Gasteiger partial charge in [-0.25, -0.2) is 4.99 Å². The van der Waals surface area contributed by atoms with Crippen molar-refractivity contribution in [2.45, 2.75) is 72.6 Å². The number of nitrogens with zero attached hydrogens (tertiary/aromatic N) is 2. The summed E-state index contributed by atoms with van der Waals surface area (Å²) in [6.07, 6.45) is 4.13. The van der Waals surface area contributed by atoms with Gasteiger partial charge < -0.3 is 15.0 Å². The Hall–Kier alpha value is -2.18. The molecular weight excluding hydrogens is 426 g/mol. The van der Waals surface area contributed by atoms with Crippen molar-refractivity contribution in [3.05, 3.63) is 39.9 Å². The number of dihydropyridines is 1. The summed E-state index contributed by atoms with van der Waals surface area (Å²) in [6.45, 7) is 13.0. The Morgan fingerprint density at radius 1 is 1.22 bits per heavy atom. The standard InChI is InChI=1S/C25H34ClN3O3/c1-7-29(20-9-16(4)32-17(5)10-20)23-12-19(26)11-21(18(23)6)24(30)27-13-22-14(2)8-15(3)28-25(22)31/h8,11-12,16-17,20,22H,7,9-10,13H2,1-6H3,(H,27,30)/t16-,17+,20?,22?. The first kappa shape index (κ1) is 24.5. The van der Waals surface area contributed by atoms with Crippen molar-refractivity contribution in [1.82, 2.24) is 5.32 Å². The van der Waals surface area contributed by atoms with Crippen LogP contribution in [0.2, 0.25) is 5.02 Å². The van der Waals surface area contributed by atoms with Crippen LogP contribution < -0.4 is 10.2 Å². The number of aliphatic imine (C=N–C) groups is 1. The number of carbonyl (C=O) groups is 2. The summed E-state index contributed by atoms with van der Waals surface area (Å²) < 4.78 is 5.92. The molecule has 174 valence electrons. The molecule has 6 nitrogen and oxygen atoms in total. The molecule has 0 saturated carbocycles. The third-order valence-electron chi connectivity index (χ3n) is 6.39. The van der Waals surface area contributed by atoms with E-state index in [-0.39, 0.29) is 30.6 Å². The molecule has 0 bridgehead atoms. The van der Waals surface area contributed by atoms with Gasteiger partial charge in [0.05, 0.1) is 18.1 Å². The van der Waals surface area contributed by atoms with Gasteiger partial charge in [-0.2, -0.15) is 0 Å². The highest BCUT2D eigenvalue weighted by molar-refractivity contribution is 6.31. The molecule has 2 heterocycles. The summed E-state index contributed by atoms with van der Waals surface area (Å²) in [7, 11) is 0. The lowest BCUT2D eigenvalue weighted by Crippen LogP contribution is -2.44. The monoisotopic (exact) mass is 459 g/mol. The van der Waals surface area contributed by atoms with Crippen molar-refractivity contribution in [2.24, 2.45) is 10.9 Å². The lowest BCUT2D eigenvalue weighted by Gasteiger charge is -2.41. The second-order valence-corrected chi connectivity index (χ2v) is 9.44. The molecule has 32 heavy (non-hydrogen) atoms. The minimum absolute atomic E-state index is 0.190. The number of rotatable bonds is 6. The van der Waals surface area contributed by atoms with Crippen molar-refractivity contribution in [2.75, 3.05) is 18.0 Å². The Morgan fingerprint density at radius 2 is 1.88 bits per heavy atom. The average Bonchev–Trinajstić information content (AvgIpc) is 2.69. The number of hydrogen-bond donors (Lipinski definition) is 1. The van der Waals surface area contributed by atoms with Crippen LogP contribution in [-0.2, 0) is 9.53 Å². The molecule has 2 unspecified atom stereocenters. The van der Waals surface area contributed by atoms with Gasteiger partial charge in [-0.3, -0.25) is 9.59 Å². The average molecular weight is 460 g/mol. The number of halogens is 1. The smallest absolute Gasteiger partial charge is 0.254 e. The van der Waals surface area contributed by atoms with Crippen molar-refractivity contribution in [3.8, 4) is 0 Å². The Kier molecular flexibility index (Phi) is 7.78. The Balaban J connectivity index is 1.81. The minimum atomic E-state index is -0.432. The normalized spacial score (nSPS) is 25.8. The molecule has 0 aromatic heterocycles. The van der Waals surface area contributed by atoms with Crippen LogP contribution in [0.4, 0.5) is 5.69 Å². The number of carbonyl (C=O) groups excluding carboxylic acids is 2. The third kappa shape index (κ3) is 5.41. The first-order chi connectivity index (χ1) is 15.1. The second-order valence-electron chi connectivity index (χ2n) is 9.01. The molecule has 2 aliphatic heterocycles. The van der Waals surface area contributed by atoms with E-state index in [0.717, 1.165) is 36.2 Å². The first-order valence-electron chi connectivity index (χ1n) is 11.4. The second kappa shape index (κ2) is 10.2. The molecule has 1 saturated heterocycles. The van der Waals surface area contributed by atoms with Gasteiger partial charge >= 0.3 is 0 Å². The largest absolute Gasteiger partial charge is 0.375 e. The van der Waals surface area contributed by atoms with Crippen molar-refractivity contribution >= 4 is 34.8 Å². The van der Waals surface area contributed by atoms with Crippen LogP contribution in [0, 0.1) is 12.8 Å². The van der Waals surface area contributed by atoms with E-state index in [4.69, 9.17) is 16.3 Å². The van der Waals surface area contributed by atoms with Gasteiger partial charge in [0.1, 0.15) is 0 Å². The zero-order chi connectivity index (χ0) is 23.6.